The fraction of sp³-hybridized carbons (Fsp3) is 0.500. The molecule has 3 rings (SSSR count). The van der Waals surface area contributed by atoms with Crippen LogP contribution < -0.4 is 9.44 Å². The molecule has 3 aromatic rings. The summed E-state index contributed by atoms with van der Waals surface area (Å²) in [4.78, 5) is 18.0. The number of rotatable bonds is 21. The molecule has 44 heavy (non-hydrogen) atoms. The van der Waals surface area contributed by atoms with Crippen molar-refractivity contribution in [2.75, 3.05) is 64.7 Å². The van der Waals surface area contributed by atoms with E-state index in [0.29, 0.717) is 50.7 Å². The fourth-order valence-electron chi connectivity index (χ4n) is 3.84. The van der Waals surface area contributed by atoms with E-state index in [2.05, 4.69) is 45.8 Å². The van der Waals surface area contributed by atoms with Crippen molar-refractivity contribution in [2.24, 2.45) is 0 Å². The van der Waals surface area contributed by atoms with E-state index in [-0.39, 0.29) is 25.6 Å². The molecule has 2 heterocycles. The number of thiophene rings is 1. The Labute approximate surface area is 274 Å². The Hall–Kier alpha value is -2.22. The van der Waals surface area contributed by atoms with Gasteiger partial charge >= 0.3 is 5.97 Å². The van der Waals surface area contributed by atoms with Crippen molar-refractivity contribution in [1.82, 2.24) is 9.71 Å². The first kappa shape index (κ1) is 36.3. The van der Waals surface area contributed by atoms with Crippen LogP contribution in [0.2, 0.25) is 5.02 Å². The van der Waals surface area contributed by atoms with Gasteiger partial charge in [0.15, 0.2) is 0 Å². The zero-order valence-corrected chi connectivity index (χ0v) is 28.5. The molecule has 0 bridgehead atoms. The van der Waals surface area contributed by atoms with Crippen molar-refractivity contribution >= 4 is 46.7 Å². The third-order valence-electron chi connectivity index (χ3n) is 6.30. The molecule has 2 N–H and O–H groups in total. The zero-order chi connectivity index (χ0) is 31.8. The second-order valence-electron chi connectivity index (χ2n) is 10.9. The van der Waals surface area contributed by atoms with Crippen molar-refractivity contribution < 1.29 is 28.5 Å². The minimum atomic E-state index is -0.473. The van der Waals surface area contributed by atoms with Gasteiger partial charge in [0, 0.05) is 58.7 Å². The lowest BCUT2D eigenvalue weighted by molar-refractivity contribution is -0.146. The van der Waals surface area contributed by atoms with E-state index in [1.165, 1.54) is 12.1 Å². The average molecular weight is 666 g/mol. The van der Waals surface area contributed by atoms with Gasteiger partial charge in [-0.05, 0) is 66.8 Å². The second kappa shape index (κ2) is 19.3. The number of hydrogen-bond acceptors (Lipinski definition) is 11. The lowest BCUT2D eigenvalue weighted by Gasteiger charge is -2.24. The number of hydrogen-bond donors (Lipinski definition) is 2. The van der Waals surface area contributed by atoms with Gasteiger partial charge in [-0.25, -0.2) is 4.72 Å². The van der Waals surface area contributed by atoms with E-state index in [9.17, 15) is 4.79 Å². The summed E-state index contributed by atoms with van der Waals surface area (Å²) in [6, 6.07) is 12.5. The summed E-state index contributed by atoms with van der Waals surface area (Å²) in [5.74, 6) is -0.308. The predicted molar refractivity (Wildman–Crippen MR) is 180 cm³/mol. The van der Waals surface area contributed by atoms with Gasteiger partial charge < -0.3 is 28.4 Å². The standard InChI is InChI=1S/C32H44ClN3O6S2/c1-23(2)35-44-36-26-6-7-27(28(33)20-26)29-18-25(21-43-29)24-8-10-34-30(19-24)32(3,4)22-42-31(37)9-11-39-14-15-41-17-16-40-13-12-38-5/h6-8,10,18-21,23,35-36H,9,11-17,22H2,1-5H3. The third-order valence-corrected chi connectivity index (χ3v) is 8.51. The maximum Gasteiger partial charge on any atom is 0.308 e. The highest BCUT2D eigenvalue weighted by Crippen LogP contribution is 2.38. The number of carbonyl (C=O) groups excluding carboxylic acids is 1. The number of aromatic nitrogens is 1. The van der Waals surface area contributed by atoms with Gasteiger partial charge in [-0.3, -0.25) is 9.78 Å². The molecular weight excluding hydrogens is 622 g/mol. The van der Waals surface area contributed by atoms with Crippen molar-refractivity contribution in [3.05, 3.63) is 58.7 Å². The van der Waals surface area contributed by atoms with Gasteiger partial charge in [-0.1, -0.05) is 25.4 Å². The van der Waals surface area contributed by atoms with Crippen molar-refractivity contribution in [3.8, 4) is 21.6 Å². The second-order valence-corrected chi connectivity index (χ2v) is 12.9. The van der Waals surface area contributed by atoms with E-state index < -0.39 is 5.41 Å². The number of pyridine rings is 1. The number of esters is 1. The highest BCUT2D eigenvalue weighted by atomic mass is 35.5. The van der Waals surface area contributed by atoms with Gasteiger partial charge in [0.25, 0.3) is 0 Å². The maximum absolute atomic E-state index is 12.3. The molecule has 0 aliphatic heterocycles. The van der Waals surface area contributed by atoms with Gasteiger partial charge in [0.2, 0.25) is 0 Å². The summed E-state index contributed by atoms with van der Waals surface area (Å²) in [5, 5.41) is 2.80. The van der Waals surface area contributed by atoms with E-state index in [1.807, 2.05) is 38.1 Å². The Morgan fingerprint density at radius 3 is 2.36 bits per heavy atom. The molecule has 0 saturated carbocycles. The smallest absolute Gasteiger partial charge is 0.308 e. The van der Waals surface area contributed by atoms with Crippen LogP contribution in [0.3, 0.4) is 0 Å². The van der Waals surface area contributed by atoms with Crippen LogP contribution in [0.1, 0.15) is 39.8 Å². The van der Waals surface area contributed by atoms with E-state index in [0.717, 1.165) is 32.9 Å². The molecule has 0 amide bonds. The number of methoxy groups -OCH3 is 1. The molecule has 0 aliphatic rings. The van der Waals surface area contributed by atoms with Crippen LogP contribution in [0.5, 0.6) is 0 Å². The van der Waals surface area contributed by atoms with Crippen LogP contribution in [0.4, 0.5) is 5.69 Å². The Morgan fingerprint density at radius 1 is 0.977 bits per heavy atom. The van der Waals surface area contributed by atoms with E-state index in [1.54, 1.807) is 24.6 Å². The van der Waals surface area contributed by atoms with Gasteiger partial charge in [-0.15, -0.1) is 11.3 Å². The molecule has 0 aliphatic carbocycles. The van der Waals surface area contributed by atoms with Gasteiger partial charge in [0.1, 0.15) is 6.61 Å². The molecule has 0 atom stereocenters. The Bertz CT molecular complexity index is 1290. The summed E-state index contributed by atoms with van der Waals surface area (Å²) in [7, 11) is 1.63. The van der Waals surface area contributed by atoms with Crippen LogP contribution in [-0.4, -0.2) is 77.0 Å². The monoisotopic (exact) mass is 665 g/mol. The van der Waals surface area contributed by atoms with Crippen LogP contribution in [0.25, 0.3) is 21.6 Å². The number of anilines is 1. The fourth-order valence-corrected chi connectivity index (χ4v) is 5.68. The molecule has 0 unspecified atom stereocenters. The number of benzene rings is 1. The number of nitrogens with one attached hydrogen (secondary N) is 2. The summed E-state index contributed by atoms with van der Waals surface area (Å²) in [5.41, 5.74) is 4.41. The normalized spacial score (nSPS) is 11.7. The number of halogens is 1. The molecule has 12 heteroatoms. The summed E-state index contributed by atoms with van der Waals surface area (Å²) >= 11 is 9.74. The Balaban J connectivity index is 1.45. The Kier molecular flexibility index (Phi) is 15.9. The number of carbonyl (C=O) groups is 1. The lowest BCUT2D eigenvalue weighted by Crippen LogP contribution is -2.27. The molecular formula is C32H44ClN3O6S2. The molecule has 9 nitrogen and oxygen atoms in total. The maximum atomic E-state index is 12.3. The summed E-state index contributed by atoms with van der Waals surface area (Å²) < 4.78 is 33.2. The quantitative estimate of drug-likeness (QED) is 0.0702. The molecule has 1 aromatic carbocycles. The molecule has 0 radical (unpaired) electrons. The number of nitrogens with zero attached hydrogens (tertiary/aromatic N) is 1. The molecule has 2 aromatic heterocycles. The highest BCUT2D eigenvalue weighted by molar-refractivity contribution is 7.98. The van der Waals surface area contributed by atoms with Crippen LogP contribution in [-0.2, 0) is 33.9 Å². The van der Waals surface area contributed by atoms with Crippen molar-refractivity contribution in [3.63, 3.8) is 0 Å². The largest absolute Gasteiger partial charge is 0.465 e. The van der Waals surface area contributed by atoms with Gasteiger partial charge in [0.05, 0.1) is 57.7 Å². The zero-order valence-electron chi connectivity index (χ0n) is 26.2. The van der Waals surface area contributed by atoms with Crippen molar-refractivity contribution in [1.29, 1.82) is 0 Å². The summed E-state index contributed by atoms with van der Waals surface area (Å²) in [6.07, 6.45) is 1.97. The highest BCUT2D eigenvalue weighted by Gasteiger charge is 2.25. The lowest BCUT2D eigenvalue weighted by atomic mass is 9.88. The average Bonchev–Trinajstić information content (AvgIpc) is 3.49. The first-order chi connectivity index (χ1) is 21.2. The van der Waals surface area contributed by atoms with Crippen LogP contribution in [0.15, 0.2) is 48.0 Å². The van der Waals surface area contributed by atoms with Crippen LogP contribution in [0, 0.1) is 0 Å². The van der Waals surface area contributed by atoms with Gasteiger partial charge in [-0.2, -0.15) is 0 Å². The SMILES string of the molecule is COCCOCCOCCOCCC(=O)OCC(C)(C)c1cc(-c2csc(-c3ccc(NSNC(C)C)cc3Cl)c2)ccn1. The van der Waals surface area contributed by atoms with Crippen LogP contribution >= 0.6 is 35.1 Å². The molecule has 0 fully saturated rings. The molecule has 0 spiro atoms. The predicted octanol–water partition coefficient (Wildman–Crippen LogP) is 7.01. The first-order valence-corrected chi connectivity index (χ1v) is 16.7. The minimum absolute atomic E-state index is 0.175. The topological polar surface area (TPSA) is 100 Å². The third kappa shape index (κ3) is 12.6. The molecule has 242 valence electrons. The van der Waals surface area contributed by atoms with E-state index in [4.69, 9.17) is 35.3 Å². The molecule has 0 saturated heterocycles. The number of ether oxygens (including phenoxy) is 5. The summed E-state index contributed by atoms with van der Waals surface area (Å²) in [6.45, 7) is 11.7. The Morgan fingerprint density at radius 2 is 1.68 bits per heavy atom. The first-order valence-electron chi connectivity index (χ1n) is 14.6. The minimum Gasteiger partial charge on any atom is -0.465 e. The van der Waals surface area contributed by atoms with E-state index >= 15 is 0 Å². The van der Waals surface area contributed by atoms with Crippen molar-refractivity contribution in [2.45, 2.75) is 45.6 Å².